The van der Waals surface area contributed by atoms with Crippen LogP contribution in [-0.2, 0) is 9.53 Å². The highest BCUT2D eigenvalue weighted by atomic mass is 35.5. The third kappa shape index (κ3) is 4.09. The van der Waals surface area contributed by atoms with Crippen molar-refractivity contribution in [3.63, 3.8) is 0 Å². The van der Waals surface area contributed by atoms with Gasteiger partial charge in [0.25, 0.3) is 11.6 Å². The van der Waals surface area contributed by atoms with Crippen LogP contribution in [0, 0.1) is 10.1 Å². The van der Waals surface area contributed by atoms with Crippen LogP contribution in [0.2, 0.25) is 5.02 Å². The van der Waals surface area contributed by atoms with Crippen LogP contribution in [0.1, 0.15) is 42.2 Å². The molecule has 0 radical (unpaired) electrons. The van der Waals surface area contributed by atoms with Crippen LogP contribution >= 0.6 is 11.6 Å². The van der Waals surface area contributed by atoms with Crippen molar-refractivity contribution < 1.29 is 28.8 Å². The monoisotopic (exact) mass is 464 g/mol. The molecule has 0 aliphatic heterocycles. The van der Waals surface area contributed by atoms with Gasteiger partial charge in [-0.2, -0.15) is 0 Å². The lowest BCUT2D eigenvalue weighted by molar-refractivity contribution is -0.384. The van der Waals surface area contributed by atoms with E-state index in [1.54, 1.807) is 18.2 Å². The molecule has 0 unspecified atom stereocenters. The van der Waals surface area contributed by atoms with Gasteiger partial charge >= 0.3 is 5.97 Å². The molecule has 164 valence electrons. The Morgan fingerprint density at radius 3 is 2.30 bits per heavy atom. The average Bonchev–Trinajstić information content (AvgIpc) is 2.81. The van der Waals surface area contributed by atoms with E-state index in [9.17, 15) is 29.3 Å². The van der Waals surface area contributed by atoms with Crippen molar-refractivity contribution in [3.8, 4) is 0 Å². The van der Waals surface area contributed by atoms with Gasteiger partial charge in [0, 0.05) is 28.8 Å². The van der Waals surface area contributed by atoms with Gasteiger partial charge in [-0.15, -0.1) is 0 Å². The fraction of sp³-hybridized carbons (Fsp3) is 0.0435. The molecular weight excluding hydrogens is 452 g/mol. The minimum absolute atomic E-state index is 0.0441. The van der Waals surface area contributed by atoms with Crippen LogP contribution in [0.5, 0.6) is 0 Å². The highest BCUT2D eigenvalue weighted by Gasteiger charge is 2.31. The summed E-state index contributed by atoms with van der Waals surface area (Å²) < 4.78 is 4.92. The minimum atomic E-state index is -1.03. The smallest absolute Gasteiger partial charge is 0.340 e. The van der Waals surface area contributed by atoms with Crippen LogP contribution in [0.4, 0.5) is 11.4 Å². The molecule has 1 N–H and O–H groups in total. The second-order valence-electron chi connectivity index (χ2n) is 6.98. The van der Waals surface area contributed by atoms with Crippen molar-refractivity contribution in [3.05, 3.63) is 104 Å². The quantitative estimate of drug-likeness (QED) is 0.269. The van der Waals surface area contributed by atoms with Gasteiger partial charge in [0.2, 0.25) is 0 Å². The molecule has 9 nitrogen and oxygen atoms in total. The molecule has 33 heavy (non-hydrogen) atoms. The molecule has 1 aliphatic carbocycles. The number of nitro groups is 1. The summed E-state index contributed by atoms with van der Waals surface area (Å²) in [4.78, 5) is 60.6. The molecule has 3 aromatic rings. The number of amides is 1. The van der Waals surface area contributed by atoms with Gasteiger partial charge in [-0.3, -0.25) is 24.5 Å². The van der Waals surface area contributed by atoms with E-state index in [-0.39, 0.29) is 50.0 Å². The molecule has 10 heteroatoms. The number of carbonyl (C=O) groups is 4. The van der Waals surface area contributed by atoms with E-state index in [4.69, 9.17) is 16.3 Å². The van der Waals surface area contributed by atoms with Crippen LogP contribution < -0.4 is 5.32 Å². The molecule has 0 saturated carbocycles. The molecule has 0 atom stereocenters. The Labute approximate surface area is 191 Å². The van der Waals surface area contributed by atoms with Gasteiger partial charge in [0.05, 0.1) is 26.8 Å². The first-order valence-electron chi connectivity index (χ1n) is 9.50. The van der Waals surface area contributed by atoms with Crippen molar-refractivity contribution in [1.82, 2.24) is 0 Å². The fourth-order valence-electron chi connectivity index (χ4n) is 3.43. The van der Waals surface area contributed by atoms with E-state index in [1.807, 2.05) is 0 Å². The molecule has 0 spiro atoms. The first-order chi connectivity index (χ1) is 15.8. The summed E-state index contributed by atoms with van der Waals surface area (Å²) in [6, 6.07) is 14.1. The number of ketones is 2. The number of non-ortho nitro benzene ring substituents is 1. The number of benzene rings is 3. The Balaban J connectivity index is 1.51. The van der Waals surface area contributed by atoms with Crippen molar-refractivity contribution in [1.29, 1.82) is 0 Å². The van der Waals surface area contributed by atoms with Crippen LogP contribution in [0.3, 0.4) is 0 Å². The first kappa shape index (κ1) is 21.8. The zero-order valence-corrected chi connectivity index (χ0v) is 17.4. The molecule has 4 rings (SSSR count). The molecule has 0 heterocycles. The standard InChI is InChI=1S/C23H13ClN2O7/c24-17-9-8-12(26(31)32)10-16(17)23(30)33-11-19(27)25-18-7-3-6-15-20(18)22(29)14-5-2-1-4-13(14)21(15)28/h1-10H,11H2,(H,25,27). The summed E-state index contributed by atoms with van der Waals surface area (Å²) in [5.74, 6) is -2.58. The Hall–Kier alpha value is -4.37. The number of rotatable bonds is 5. The summed E-state index contributed by atoms with van der Waals surface area (Å²) in [5.41, 5.74) is 0.155. The van der Waals surface area contributed by atoms with Gasteiger partial charge in [0.1, 0.15) is 0 Å². The maximum absolute atomic E-state index is 13.0. The fourth-order valence-corrected chi connectivity index (χ4v) is 3.62. The summed E-state index contributed by atoms with van der Waals surface area (Å²) in [6.07, 6.45) is 0. The van der Waals surface area contributed by atoms with Crippen molar-refractivity contribution in [2.24, 2.45) is 0 Å². The number of halogens is 1. The molecule has 0 bridgehead atoms. The second-order valence-corrected chi connectivity index (χ2v) is 7.38. The van der Waals surface area contributed by atoms with Crippen LogP contribution in [0.25, 0.3) is 0 Å². The van der Waals surface area contributed by atoms with E-state index in [0.717, 1.165) is 12.1 Å². The maximum atomic E-state index is 13.0. The van der Waals surface area contributed by atoms with Gasteiger partial charge in [-0.1, -0.05) is 48.0 Å². The number of fused-ring (bicyclic) bond motifs is 2. The predicted molar refractivity (Wildman–Crippen MR) is 117 cm³/mol. The number of carbonyl (C=O) groups excluding carboxylic acids is 4. The van der Waals surface area contributed by atoms with Gasteiger partial charge < -0.3 is 10.1 Å². The summed E-state index contributed by atoms with van der Waals surface area (Å²) in [7, 11) is 0. The number of anilines is 1. The topological polar surface area (TPSA) is 133 Å². The van der Waals surface area contributed by atoms with Crippen LogP contribution in [0.15, 0.2) is 60.7 Å². The lowest BCUT2D eigenvalue weighted by Crippen LogP contribution is -2.26. The highest BCUT2D eigenvalue weighted by Crippen LogP contribution is 2.32. The first-order valence-corrected chi connectivity index (χ1v) is 9.88. The Bertz CT molecular complexity index is 1370. The van der Waals surface area contributed by atoms with E-state index in [0.29, 0.717) is 0 Å². The number of nitro benzene ring substituents is 1. The Morgan fingerprint density at radius 2 is 1.61 bits per heavy atom. The largest absolute Gasteiger partial charge is 0.452 e. The van der Waals surface area contributed by atoms with Crippen LogP contribution in [-0.4, -0.2) is 35.0 Å². The molecule has 3 aromatic carbocycles. The maximum Gasteiger partial charge on any atom is 0.340 e. The number of hydrogen-bond acceptors (Lipinski definition) is 7. The van der Waals surface area contributed by atoms with E-state index < -0.39 is 29.2 Å². The lowest BCUT2D eigenvalue weighted by Gasteiger charge is -2.20. The number of nitrogens with zero attached hydrogens (tertiary/aromatic N) is 1. The molecule has 1 amide bonds. The number of ether oxygens (including phenoxy) is 1. The number of hydrogen-bond donors (Lipinski definition) is 1. The third-order valence-corrected chi connectivity index (χ3v) is 5.27. The summed E-state index contributed by atoms with van der Waals surface area (Å²) in [5, 5.41) is 13.3. The molecular formula is C23H13ClN2O7. The zero-order chi connectivity index (χ0) is 23.7. The van der Waals surface area contributed by atoms with E-state index >= 15 is 0 Å². The van der Waals surface area contributed by atoms with Crippen molar-refractivity contribution in [2.45, 2.75) is 0 Å². The van der Waals surface area contributed by atoms with Gasteiger partial charge in [0.15, 0.2) is 18.2 Å². The molecule has 0 saturated heterocycles. The molecule has 1 aliphatic rings. The zero-order valence-electron chi connectivity index (χ0n) is 16.7. The van der Waals surface area contributed by atoms with Crippen molar-refractivity contribution >= 4 is 46.4 Å². The Kier molecular flexibility index (Phi) is 5.72. The third-order valence-electron chi connectivity index (χ3n) is 4.94. The second kappa shape index (κ2) is 8.64. The SMILES string of the molecule is O=C(COC(=O)c1cc([N+](=O)[O-])ccc1Cl)Nc1cccc2c1C(=O)c1ccccc1C2=O. The molecule has 0 fully saturated rings. The molecule has 0 aromatic heterocycles. The van der Waals surface area contributed by atoms with Gasteiger partial charge in [-0.25, -0.2) is 4.79 Å². The predicted octanol–water partition coefficient (Wildman–Crippen LogP) is 3.82. The number of nitrogens with one attached hydrogen (secondary N) is 1. The number of esters is 1. The summed E-state index contributed by atoms with van der Waals surface area (Å²) in [6.45, 7) is -0.750. The van der Waals surface area contributed by atoms with E-state index in [2.05, 4.69) is 5.32 Å². The summed E-state index contributed by atoms with van der Waals surface area (Å²) >= 11 is 5.90. The van der Waals surface area contributed by atoms with Crippen molar-refractivity contribution in [2.75, 3.05) is 11.9 Å². The Morgan fingerprint density at radius 1 is 0.939 bits per heavy atom. The lowest BCUT2D eigenvalue weighted by atomic mass is 9.83. The van der Waals surface area contributed by atoms with E-state index in [1.165, 1.54) is 30.3 Å². The minimum Gasteiger partial charge on any atom is -0.452 e. The highest BCUT2D eigenvalue weighted by molar-refractivity contribution is 6.33. The average molecular weight is 465 g/mol. The normalized spacial score (nSPS) is 11.9. The van der Waals surface area contributed by atoms with Gasteiger partial charge in [-0.05, 0) is 12.1 Å².